The molecule has 0 radical (unpaired) electrons. The van der Waals surface area contributed by atoms with Gasteiger partial charge in [-0.2, -0.15) is 9.29 Å². The summed E-state index contributed by atoms with van der Waals surface area (Å²) in [5.74, 6) is 1.18. The van der Waals surface area contributed by atoms with E-state index in [0.29, 0.717) is 28.9 Å². The molecule has 0 saturated carbocycles. The van der Waals surface area contributed by atoms with E-state index in [-0.39, 0.29) is 12.0 Å². The fourth-order valence-electron chi connectivity index (χ4n) is 2.62. The lowest BCUT2D eigenvalue weighted by Gasteiger charge is -2.20. The Bertz CT molecular complexity index is 764. The van der Waals surface area contributed by atoms with Gasteiger partial charge in [0.05, 0.1) is 0 Å². The quantitative estimate of drug-likeness (QED) is 0.854. The highest BCUT2D eigenvalue weighted by atomic mass is 32.2. The average Bonchev–Trinajstić information content (AvgIpc) is 3.18. The topological polar surface area (TPSA) is 76.3 Å². The summed E-state index contributed by atoms with van der Waals surface area (Å²) in [6.07, 6.45) is 1.51. The van der Waals surface area contributed by atoms with Gasteiger partial charge in [-0.15, -0.1) is 11.3 Å². The second kappa shape index (κ2) is 5.75. The van der Waals surface area contributed by atoms with Crippen LogP contribution < -0.4 is 0 Å². The van der Waals surface area contributed by atoms with E-state index < -0.39 is 10.0 Å². The van der Waals surface area contributed by atoms with Crippen LogP contribution >= 0.6 is 11.3 Å². The fourth-order valence-corrected chi connectivity index (χ4v) is 5.80. The zero-order valence-corrected chi connectivity index (χ0v) is 14.4. The first kappa shape index (κ1) is 15.6. The molecule has 0 aromatic carbocycles. The van der Waals surface area contributed by atoms with E-state index in [2.05, 4.69) is 10.1 Å². The van der Waals surface area contributed by atoms with Gasteiger partial charge in [0.25, 0.3) is 10.0 Å². The van der Waals surface area contributed by atoms with E-state index in [1.54, 1.807) is 5.38 Å². The SMILES string of the molecule is Cc1ccsc1S(=O)(=O)N1CCC[C@@H]1c1nc(C(C)C)no1. The Hall–Kier alpha value is -1.25. The maximum Gasteiger partial charge on any atom is 0.253 e. The molecule has 1 fully saturated rings. The monoisotopic (exact) mass is 341 g/mol. The molecule has 0 bridgehead atoms. The molecule has 1 aliphatic rings. The van der Waals surface area contributed by atoms with Crippen LogP contribution in [-0.2, 0) is 10.0 Å². The van der Waals surface area contributed by atoms with Gasteiger partial charge in [-0.25, -0.2) is 8.42 Å². The molecule has 3 rings (SSSR count). The number of thiophene rings is 1. The minimum Gasteiger partial charge on any atom is -0.338 e. The molecule has 22 heavy (non-hydrogen) atoms. The maximum atomic E-state index is 12.9. The Morgan fingerprint density at radius 2 is 2.23 bits per heavy atom. The Balaban J connectivity index is 1.94. The molecule has 2 aromatic rings. The molecular formula is C14H19N3O3S2. The van der Waals surface area contributed by atoms with Crippen molar-refractivity contribution in [1.82, 2.24) is 14.4 Å². The Morgan fingerprint density at radius 3 is 2.82 bits per heavy atom. The minimum atomic E-state index is -3.51. The first-order chi connectivity index (χ1) is 10.4. The summed E-state index contributed by atoms with van der Waals surface area (Å²) in [7, 11) is -3.51. The number of hydrogen-bond acceptors (Lipinski definition) is 6. The van der Waals surface area contributed by atoms with E-state index in [4.69, 9.17) is 4.52 Å². The molecule has 2 aromatic heterocycles. The third-order valence-electron chi connectivity index (χ3n) is 3.82. The van der Waals surface area contributed by atoms with Crippen molar-refractivity contribution in [3.63, 3.8) is 0 Å². The Kier molecular flexibility index (Phi) is 4.09. The lowest BCUT2D eigenvalue weighted by atomic mass is 10.2. The van der Waals surface area contributed by atoms with E-state index >= 15 is 0 Å². The summed E-state index contributed by atoms with van der Waals surface area (Å²) < 4.78 is 33.0. The first-order valence-corrected chi connectivity index (χ1v) is 9.62. The van der Waals surface area contributed by atoms with Gasteiger partial charge in [-0.3, -0.25) is 0 Å². The van der Waals surface area contributed by atoms with E-state index in [1.807, 2.05) is 26.8 Å². The summed E-state index contributed by atoms with van der Waals surface area (Å²) in [4.78, 5) is 4.38. The van der Waals surface area contributed by atoms with Crippen molar-refractivity contribution >= 4 is 21.4 Å². The number of hydrogen-bond donors (Lipinski definition) is 0. The third-order valence-corrected chi connectivity index (χ3v) is 7.39. The van der Waals surface area contributed by atoms with Crippen LogP contribution in [0.1, 0.15) is 55.9 Å². The van der Waals surface area contributed by atoms with Crippen LogP contribution in [0, 0.1) is 6.92 Å². The molecule has 6 nitrogen and oxygen atoms in total. The van der Waals surface area contributed by atoms with Crippen molar-refractivity contribution in [3.8, 4) is 0 Å². The molecule has 3 heterocycles. The second-order valence-electron chi connectivity index (χ2n) is 5.81. The van der Waals surface area contributed by atoms with E-state index in [0.717, 1.165) is 12.0 Å². The van der Waals surface area contributed by atoms with E-state index in [9.17, 15) is 8.42 Å². The number of nitrogens with zero attached hydrogens (tertiary/aromatic N) is 3. The normalized spacial score (nSPS) is 20.1. The molecule has 0 amide bonds. The molecule has 1 aliphatic heterocycles. The molecule has 0 unspecified atom stereocenters. The van der Waals surface area contributed by atoms with Gasteiger partial charge in [-0.05, 0) is 36.8 Å². The van der Waals surface area contributed by atoms with Crippen molar-refractivity contribution < 1.29 is 12.9 Å². The zero-order valence-electron chi connectivity index (χ0n) is 12.8. The molecule has 1 atom stereocenters. The largest absolute Gasteiger partial charge is 0.338 e. The number of rotatable bonds is 4. The van der Waals surface area contributed by atoms with Crippen molar-refractivity contribution in [2.45, 2.75) is 49.8 Å². The average molecular weight is 341 g/mol. The van der Waals surface area contributed by atoms with Crippen LogP contribution in [0.4, 0.5) is 0 Å². The van der Waals surface area contributed by atoms with Crippen LogP contribution in [0.3, 0.4) is 0 Å². The van der Waals surface area contributed by atoms with Gasteiger partial charge >= 0.3 is 0 Å². The molecule has 1 saturated heterocycles. The van der Waals surface area contributed by atoms with Gasteiger partial charge in [0.2, 0.25) is 5.89 Å². The van der Waals surface area contributed by atoms with Crippen LogP contribution in [0.2, 0.25) is 0 Å². The van der Waals surface area contributed by atoms with Crippen molar-refractivity contribution in [1.29, 1.82) is 0 Å². The van der Waals surface area contributed by atoms with E-state index in [1.165, 1.54) is 15.6 Å². The summed E-state index contributed by atoms with van der Waals surface area (Å²) in [6.45, 7) is 6.27. The zero-order chi connectivity index (χ0) is 15.9. The third kappa shape index (κ3) is 2.59. The molecular weight excluding hydrogens is 322 g/mol. The predicted octanol–water partition coefficient (Wildman–Crippen LogP) is 3.09. The molecule has 8 heteroatoms. The maximum absolute atomic E-state index is 12.9. The smallest absolute Gasteiger partial charge is 0.253 e. The standard InChI is InChI=1S/C14H19N3O3S2/c1-9(2)12-15-13(20-16-12)11-5-4-7-17(11)22(18,19)14-10(3)6-8-21-14/h6,8-9,11H,4-5,7H2,1-3H3/t11-/m1/s1. The second-order valence-corrected chi connectivity index (χ2v) is 8.81. The molecule has 120 valence electrons. The summed E-state index contributed by atoms with van der Waals surface area (Å²) in [5, 5.41) is 5.75. The lowest BCUT2D eigenvalue weighted by molar-refractivity contribution is 0.289. The highest BCUT2D eigenvalue weighted by molar-refractivity contribution is 7.91. The molecule has 0 spiro atoms. The van der Waals surface area contributed by atoms with Gasteiger partial charge in [-0.1, -0.05) is 19.0 Å². The van der Waals surface area contributed by atoms with Crippen molar-refractivity contribution in [3.05, 3.63) is 28.7 Å². The summed E-state index contributed by atoms with van der Waals surface area (Å²) in [5.41, 5.74) is 0.782. The lowest BCUT2D eigenvalue weighted by Crippen LogP contribution is -2.30. The van der Waals surface area contributed by atoms with Crippen LogP contribution in [0.15, 0.2) is 20.2 Å². The number of aromatic nitrogens is 2. The molecule has 0 aliphatic carbocycles. The highest BCUT2D eigenvalue weighted by Gasteiger charge is 2.40. The van der Waals surface area contributed by atoms with Crippen LogP contribution in [-0.4, -0.2) is 29.4 Å². The number of sulfonamides is 1. The summed E-state index contributed by atoms with van der Waals surface area (Å²) in [6, 6.07) is 1.47. The predicted molar refractivity (Wildman–Crippen MR) is 83.3 cm³/mol. The van der Waals surface area contributed by atoms with Crippen LogP contribution in [0.5, 0.6) is 0 Å². The van der Waals surface area contributed by atoms with Gasteiger partial charge < -0.3 is 4.52 Å². The first-order valence-electron chi connectivity index (χ1n) is 7.30. The fraction of sp³-hybridized carbons (Fsp3) is 0.571. The molecule has 0 N–H and O–H groups in total. The minimum absolute atomic E-state index is 0.156. The van der Waals surface area contributed by atoms with Crippen molar-refractivity contribution in [2.75, 3.05) is 6.54 Å². The highest BCUT2D eigenvalue weighted by Crippen LogP contribution is 2.38. The Morgan fingerprint density at radius 1 is 1.45 bits per heavy atom. The Labute approximate surface area is 134 Å². The van der Waals surface area contributed by atoms with Crippen LogP contribution in [0.25, 0.3) is 0 Å². The van der Waals surface area contributed by atoms with Gasteiger partial charge in [0.15, 0.2) is 5.82 Å². The van der Waals surface area contributed by atoms with Gasteiger partial charge in [0, 0.05) is 12.5 Å². The summed E-state index contributed by atoms with van der Waals surface area (Å²) >= 11 is 1.25. The van der Waals surface area contributed by atoms with Crippen molar-refractivity contribution in [2.24, 2.45) is 0 Å². The number of aryl methyl sites for hydroxylation is 1. The van der Waals surface area contributed by atoms with Gasteiger partial charge in [0.1, 0.15) is 10.3 Å².